The smallest absolute Gasteiger partial charge is 0.191 e. The Morgan fingerprint density at radius 1 is 1.31 bits per heavy atom. The fourth-order valence-corrected chi connectivity index (χ4v) is 1.61. The number of hydrogen-bond donors (Lipinski definition) is 2. The molecule has 0 unspecified atom stereocenters. The zero-order chi connectivity index (χ0) is 12.2. The molecular formula is C12H27N3S. The third-order valence-electron chi connectivity index (χ3n) is 2.15. The second-order valence-corrected chi connectivity index (χ2v) is 5.20. The van der Waals surface area contributed by atoms with E-state index in [1.807, 2.05) is 11.8 Å². The first-order valence-electron chi connectivity index (χ1n) is 6.21. The van der Waals surface area contributed by atoms with Crippen molar-refractivity contribution in [3.8, 4) is 0 Å². The van der Waals surface area contributed by atoms with Crippen LogP contribution in [-0.2, 0) is 0 Å². The van der Waals surface area contributed by atoms with E-state index in [1.54, 1.807) is 0 Å². The van der Waals surface area contributed by atoms with Gasteiger partial charge in [-0.1, -0.05) is 13.8 Å². The fraction of sp³-hybridized carbons (Fsp3) is 0.917. The third kappa shape index (κ3) is 10.1. The number of rotatable bonds is 8. The van der Waals surface area contributed by atoms with Gasteiger partial charge in [0.25, 0.3) is 0 Å². The van der Waals surface area contributed by atoms with Crippen molar-refractivity contribution in [2.45, 2.75) is 33.6 Å². The van der Waals surface area contributed by atoms with Gasteiger partial charge in [0.2, 0.25) is 0 Å². The van der Waals surface area contributed by atoms with E-state index in [0.717, 1.165) is 37.3 Å². The highest BCUT2D eigenvalue weighted by molar-refractivity contribution is 7.98. The van der Waals surface area contributed by atoms with Gasteiger partial charge in [-0.25, -0.2) is 0 Å². The van der Waals surface area contributed by atoms with E-state index >= 15 is 0 Å². The molecule has 0 aliphatic carbocycles. The SMILES string of the molecule is CCNC(=NCCCC(C)C)NCCSC. The van der Waals surface area contributed by atoms with Crippen LogP contribution in [0.2, 0.25) is 0 Å². The number of hydrogen-bond acceptors (Lipinski definition) is 2. The molecule has 0 aromatic rings. The molecule has 0 rings (SSSR count). The summed E-state index contributed by atoms with van der Waals surface area (Å²) < 4.78 is 0. The average molecular weight is 245 g/mol. The van der Waals surface area contributed by atoms with Crippen LogP contribution in [-0.4, -0.2) is 37.6 Å². The molecule has 0 aromatic heterocycles. The van der Waals surface area contributed by atoms with Crippen LogP contribution < -0.4 is 10.6 Å². The van der Waals surface area contributed by atoms with Crippen LogP contribution in [0, 0.1) is 5.92 Å². The van der Waals surface area contributed by atoms with Gasteiger partial charge in [-0.3, -0.25) is 4.99 Å². The number of nitrogens with zero attached hydrogens (tertiary/aromatic N) is 1. The van der Waals surface area contributed by atoms with E-state index in [0.29, 0.717) is 0 Å². The van der Waals surface area contributed by atoms with Crippen molar-refractivity contribution in [3.63, 3.8) is 0 Å². The van der Waals surface area contributed by atoms with Gasteiger partial charge in [-0.15, -0.1) is 0 Å². The molecule has 96 valence electrons. The Bertz CT molecular complexity index is 181. The van der Waals surface area contributed by atoms with Gasteiger partial charge in [-0.05, 0) is 31.9 Å². The van der Waals surface area contributed by atoms with Crippen molar-refractivity contribution in [1.82, 2.24) is 10.6 Å². The molecule has 0 saturated heterocycles. The quantitative estimate of drug-likeness (QED) is 0.391. The minimum absolute atomic E-state index is 0.780. The van der Waals surface area contributed by atoms with Gasteiger partial charge < -0.3 is 10.6 Å². The molecule has 0 spiro atoms. The van der Waals surface area contributed by atoms with Gasteiger partial charge in [0, 0.05) is 25.4 Å². The molecule has 3 nitrogen and oxygen atoms in total. The van der Waals surface area contributed by atoms with Crippen molar-refractivity contribution in [3.05, 3.63) is 0 Å². The predicted octanol–water partition coefficient (Wildman–Crippen LogP) is 2.34. The van der Waals surface area contributed by atoms with Crippen LogP contribution in [0.1, 0.15) is 33.6 Å². The van der Waals surface area contributed by atoms with Gasteiger partial charge in [-0.2, -0.15) is 11.8 Å². The lowest BCUT2D eigenvalue weighted by Gasteiger charge is -2.10. The van der Waals surface area contributed by atoms with Crippen molar-refractivity contribution in [2.24, 2.45) is 10.9 Å². The van der Waals surface area contributed by atoms with Gasteiger partial charge >= 0.3 is 0 Å². The van der Waals surface area contributed by atoms with E-state index in [4.69, 9.17) is 0 Å². The average Bonchev–Trinajstić information content (AvgIpc) is 2.24. The van der Waals surface area contributed by atoms with Crippen LogP contribution >= 0.6 is 11.8 Å². The highest BCUT2D eigenvalue weighted by atomic mass is 32.2. The Morgan fingerprint density at radius 2 is 2.06 bits per heavy atom. The molecule has 0 heterocycles. The molecule has 2 N–H and O–H groups in total. The Balaban J connectivity index is 3.74. The molecule has 0 amide bonds. The Morgan fingerprint density at radius 3 is 2.62 bits per heavy atom. The first-order valence-corrected chi connectivity index (χ1v) is 7.61. The Hall–Kier alpha value is -0.380. The predicted molar refractivity (Wildman–Crippen MR) is 76.4 cm³/mol. The summed E-state index contributed by atoms with van der Waals surface area (Å²) in [5.41, 5.74) is 0. The van der Waals surface area contributed by atoms with Crippen LogP contribution in [0.3, 0.4) is 0 Å². The zero-order valence-corrected chi connectivity index (χ0v) is 12.0. The summed E-state index contributed by atoms with van der Waals surface area (Å²) in [5.74, 6) is 2.86. The summed E-state index contributed by atoms with van der Waals surface area (Å²) in [5, 5.41) is 6.59. The van der Waals surface area contributed by atoms with Crippen LogP contribution in [0.4, 0.5) is 0 Å². The highest BCUT2D eigenvalue weighted by Crippen LogP contribution is 2.02. The topological polar surface area (TPSA) is 36.4 Å². The maximum Gasteiger partial charge on any atom is 0.191 e. The molecule has 0 bridgehead atoms. The molecule has 0 aliphatic heterocycles. The molecule has 16 heavy (non-hydrogen) atoms. The molecular weight excluding hydrogens is 218 g/mol. The van der Waals surface area contributed by atoms with Gasteiger partial charge in [0.1, 0.15) is 0 Å². The molecule has 0 fully saturated rings. The molecule has 4 heteroatoms. The lowest BCUT2D eigenvalue weighted by atomic mass is 10.1. The number of nitrogens with one attached hydrogen (secondary N) is 2. The van der Waals surface area contributed by atoms with Gasteiger partial charge in [0.15, 0.2) is 5.96 Å². The van der Waals surface area contributed by atoms with E-state index in [1.165, 1.54) is 12.8 Å². The molecule has 0 aromatic carbocycles. The minimum atomic E-state index is 0.780. The monoisotopic (exact) mass is 245 g/mol. The summed E-state index contributed by atoms with van der Waals surface area (Å²) in [6, 6.07) is 0. The van der Waals surface area contributed by atoms with Crippen molar-refractivity contribution in [2.75, 3.05) is 31.6 Å². The molecule has 0 radical (unpaired) electrons. The maximum atomic E-state index is 4.54. The van der Waals surface area contributed by atoms with E-state index in [-0.39, 0.29) is 0 Å². The van der Waals surface area contributed by atoms with Crippen molar-refractivity contribution in [1.29, 1.82) is 0 Å². The summed E-state index contributed by atoms with van der Waals surface area (Å²) in [6.45, 7) is 9.44. The van der Waals surface area contributed by atoms with Crippen LogP contribution in [0.15, 0.2) is 4.99 Å². The zero-order valence-electron chi connectivity index (χ0n) is 11.2. The standard InChI is InChI=1S/C12H27N3S/c1-5-13-12(15-9-10-16-4)14-8-6-7-11(2)3/h11H,5-10H2,1-4H3,(H2,13,14,15). The van der Waals surface area contributed by atoms with E-state index < -0.39 is 0 Å². The molecule has 0 saturated carbocycles. The lowest BCUT2D eigenvalue weighted by Crippen LogP contribution is -2.38. The van der Waals surface area contributed by atoms with Crippen LogP contribution in [0.5, 0.6) is 0 Å². The highest BCUT2D eigenvalue weighted by Gasteiger charge is 1.96. The second-order valence-electron chi connectivity index (χ2n) is 4.22. The first-order chi connectivity index (χ1) is 7.70. The summed E-state index contributed by atoms with van der Waals surface area (Å²) >= 11 is 1.85. The summed E-state index contributed by atoms with van der Waals surface area (Å²) in [4.78, 5) is 4.54. The second kappa shape index (κ2) is 11.1. The lowest BCUT2D eigenvalue weighted by molar-refractivity contribution is 0.560. The third-order valence-corrected chi connectivity index (χ3v) is 2.76. The number of guanidine groups is 1. The van der Waals surface area contributed by atoms with Crippen LogP contribution in [0.25, 0.3) is 0 Å². The molecule has 0 atom stereocenters. The van der Waals surface area contributed by atoms with Gasteiger partial charge in [0.05, 0.1) is 0 Å². The number of aliphatic imine (C=N–C) groups is 1. The normalized spacial score (nSPS) is 11.9. The van der Waals surface area contributed by atoms with Crippen molar-refractivity contribution < 1.29 is 0 Å². The minimum Gasteiger partial charge on any atom is -0.357 e. The van der Waals surface area contributed by atoms with E-state index in [2.05, 4.69) is 42.7 Å². The summed E-state index contributed by atoms with van der Waals surface area (Å²) in [6.07, 6.45) is 4.55. The largest absolute Gasteiger partial charge is 0.357 e. The first kappa shape index (κ1) is 15.6. The Labute approximate surface area is 105 Å². The van der Waals surface area contributed by atoms with E-state index in [9.17, 15) is 0 Å². The maximum absolute atomic E-state index is 4.54. The molecule has 0 aliphatic rings. The fourth-order valence-electron chi connectivity index (χ4n) is 1.30. The Kier molecular flexibility index (Phi) is 10.9. The van der Waals surface area contributed by atoms with Crippen molar-refractivity contribution >= 4 is 17.7 Å². The number of thioether (sulfide) groups is 1. The summed E-state index contributed by atoms with van der Waals surface area (Å²) in [7, 11) is 0.